The molecule has 0 spiro atoms. The van der Waals surface area contributed by atoms with Crippen LogP contribution in [-0.2, 0) is 4.79 Å². The second-order valence-corrected chi connectivity index (χ2v) is 7.84. The predicted octanol–water partition coefficient (Wildman–Crippen LogP) is 4.11. The van der Waals surface area contributed by atoms with Crippen molar-refractivity contribution in [1.29, 1.82) is 0 Å². The van der Waals surface area contributed by atoms with Crippen molar-refractivity contribution in [3.63, 3.8) is 0 Å². The quantitative estimate of drug-likeness (QED) is 0.515. The van der Waals surface area contributed by atoms with Gasteiger partial charge in [0.2, 0.25) is 5.88 Å². The third-order valence-electron chi connectivity index (χ3n) is 4.50. The van der Waals surface area contributed by atoms with Gasteiger partial charge in [-0.05, 0) is 47.7 Å². The van der Waals surface area contributed by atoms with E-state index in [4.69, 9.17) is 9.47 Å². The number of ether oxygens (including phenoxy) is 2. The van der Waals surface area contributed by atoms with Crippen molar-refractivity contribution in [2.75, 3.05) is 25.1 Å². The molecule has 9 heteroatoms. The number of carbonyl (C=O) groups is 2. The number of anilines is 1. The molecule has 0 bridgehead atoms. The summed E-state index contributed by atoms with van der Waals surface area (Å²) < 4.78 is 11.6. The Kier molecular flexibility index (Phi) is 6.66. The molecule has 1 fully saturated rings. The lowest BCUT2D eigenvalue weighted by atomic mass is 10.2. The molecular formula is C23H20N4O4S. The minimum atomic E-state index is -0.370. The highest BCUT2D eigenvalue weighted by Crippen LogP contribution is 2.26. The number of para-hydroxylation sites is 1. The summed E-state index contributed by atoms with van der Waals surface area (Å²) in [6.45, 7) is 1.05. The van der Waals surface area contributed by atoms with Crippen molar-refractivity contribution in [1.82, 2.24) is 15.3 Å². The molecule has 4 rings (SSSR count). The predicted molar refractivity (Wildman–Crippen MR) is 123 cm³/mol. The monoisotopic (exact) mass is 448 g/mol. The standard InChI is InChI=1S/C23H20N4O4S/c1-27(20-14-21(25-15-24-20)31-18-5-3-2-4-6-18)11-12-30-17-9-7-16(8-10-17)13-19-22(28)26-23(29)32-19/h2-10,13-15H,11-12H2,1H3,(H,26,28,29)/b19-13-. The molecule has 0 saturated carbocycles. The van der Waals surface area contributed by atoms with Crippen LogP contribution in [0.25, 0.3) is 6.08 Å². The fourth-order valence-corrected chi connectivity index (χ4v) is 3.53. The number of hydrogen-bond donors (Lipinski definition) is 1. The molecule has 162 valence electrons. The Morgan fingerprint density at radius 3 is 2.53 bits per heavy atom. The molecule has 1 aromatic heterocycles. The molecule has 0 atom stereocenters. The van der Waals surface area contributed by atoms with Gasteiger partial charge in [-0.25, -0.2) is 9.97 Å². The molecule has 1 aliphatic heterocycles. The number of likely N-dealkylation sites (N-methyl/N-ethyl adjacent to an activating group) is 1. The number of rotatable bonds is 8. The lowest BCUT2D eigenvalue weighted by Crippen LogP contribution is -2.24. The van der Waals surface area contributed by atoms with E-state index in [1.165, 1.54) is 6.33 Å². The maximum Gasteiger partial charge on any atom is 0.290 e. The van der Waals surface area contributed by atoms with Gasteiger partial charge in [0, 0.05) is 13.1 Å². The molecule has 8 nitrogen and oxygen atoms in total. The molecule has 32 heavy (non-hydrogen) atoms. The van der Waals surface area contributed by atoms with Crippen LogP contribution in [0.3, 0.4) is 0 Å². The Labute approximate surface area is 189 Å². The number of benzene rings is 2. The summed E-state index contributed by atoms with van der Waals surface area (Å²) in [7, 11) is 1.92. The first-order valence-corrected chi connectivity index (χ1v) is 10.6. The molecule has 1 saturated heterocycles. The van der Waals surface area contributed by atoms with Crippen molar-refractivity contribution >= 4 is 34.8 Å². The highest BCUT2D eigenvalue weighted by Gasteiger charge is 2.24. The molecule has 1 N–H and O–H groups in total. The minimum absolute atomic E-state index is 0.354. The van der Waals surface area contributed by atoms with Crippen LogP contribution in [0.4, 0.5) is 10.6 Å². The molecule has 2 aromatic carbocycles. The minimum Gasteiger partial charge on any atom is -0.492 e. The molecule has 0 aliphatic carbocycles. The molecule has 3 aromatic rings. The number of carbonyl (C=O) groups excluding carboxylic acids is 2. The Morgan fingerprint density at radius 2 is 1.81 bits per heavy atom. The fraction of sp³-hybridized carbons (Fsp3) is 0.130. The molecular weight excluding hydrogens is 428 g/mol. The van der Waals surface area contributed by atoms with Crippen LogP contribution in [0, 0.1) is 0 Å². The van der Waals surface area contributed by atoms with E-state index >= 15 is 0 Å². The number of aromatic nitrogens is 2. The van der Waals surface area contributed by atoms with Crippen molar-refractivity contribution < 1.29 is 19.1 Å². The van der Waals surface area contributed by atoms with Gasteiger partial charge in [-0.2, -0.15) is 0 Å². The van der Waals surface area contributed by atoms with Crippen LogP contribution in [0.5, 0.6) is 17.4 Å². The van der Waals surface area contributed by atoms with Gasteiger partial charge in [0.1, 0.15) is 30.3 Å². The SMILES string of the molecule is CN(CCOc1ccc(/C=C2\SC(=O)NC2=O)cc1)c1cc(Oc2ccccc2)ncn1. The van der Waals surface area contributed by atoms with Gasteiger partial charge in [-0.3, -0.25) is 14.9 Å². The highest BCUT2D eigenvalue weighted by molar-refractivity contribution is 8.18. The summed E-state index contributed by atoms with van der Waals surface area (Å²) in [5.74, 6) is 2.23. The number of amides is 2. The number of nitrogens with zero attached hydrogens (tertiary/aromatic N) is 3. The third kappa shape index (κ3) is 5.64. The Morgan fingerprint density at radius 1 is 1.03 bits per heavy atom. The van der Waals surface area contributed by atoms with E-state index in [0.717, 1.165) is 23.1 Å². The van der Waals surface area contributed by atoms with Crippen molar-refractivity contribution in [3.05, 3.63) is 77.5 Å². The van der Waals surface area contributed by atoms with Crippen molar-refractivity contribution in [3.8, 4) is 17.4 Å². The Bertz CT molecular complexity index is 1140. The van der Waals surface area contributed by atoms with E-state index in [2.05, 4.69) is 15.3 Å². The summed E-state index contributed by atoms with van der Waals surface area (Å²) in [5.41, 5.74) is 0.814. The largest absolute Gasteiger partial charge is 0.492 e. The van der Waals surface area contributed by atoms with Gasteiger partial charge in [-0.1, -0.05) is 30.3 Å². The van der Waals surface area contributed by atoms with Gasteiger partial charge in [0.15, 0.2) is 0 Å². The van der Waals surface area contributed by atoms with E-state index < -0.39 is 0 Å². The van der Waals surface area contributed by atoms with E-state index in [-0.39, 0.29) is 11.1 Å². The van der Waals surface area contributed by atoms with Crippen LogP contribution in [0.2, 0.25) is 0 Å². The molecule has 0 radical (unpaired) electrons. The zero-order chi connectivity index (χ0) is 22.3. The Hall–Kier alpha value is -3.85. The van der Waals surface area contributed by atoms with Gasteiger partial charge in [-0.15, -0.1) is 0 Å². The average Bonchev–Trinajstić information content (AvgIpc) is 3.12. The molecule has 2 amide bonds. The first-order valence-electron chi connectivity index (χ1n) is 9.80. The summed E-state index contributed by atoms with van der Waals surface area (Å²) in [4.78, 5) is 33.6. The summed E-state index contributed by atoms with van der Waals surface area (Å²) in [6, 6.07) is 18.5. The summed E-state index contributed by atoms with van der Waals surface area (Å²) >= 11 is 0.894. The van der Waals surface area contributed by atoms with Crippen LogP contribution in [0.15, 0.2) is 71.9 Å². The van der Waals surface area contributed by atoms with Crippen LogP contribution in [-0.4, -0.2) is 41.3 Å². The average molecular weight is 449 g/mol. The van der Waals surface area contributed by atoms with Crippen molar-refractivity contribution in [2.24, 2.45) is 0 Å². The topological polar surface area (TPSA) is 93.7 Å². The van der Waals surface area contributed by atoms with E-state index in [0.29, 0.717) is 35.4 Å². The van der Waals surface area contributed by atoms with Gasteiger partial charge >= 0.3 is 0 Å². The van der Waals surface area contributed by atoms with E-state index in [1.807, 2.05) is 66.5 Å². The van der Waals surface area contributed by atoms with Gasteiger partial charge in [0.05, 0.1) is 11.4 Å². The summed E-state index contributed by atoms with van der Waals surface area (Å²) in [5, 5.41) is 1.88. The maximum atomic E-state index is 11.6. The number of hydrogen-bond acceptors (Lipinski definition) is 8. The van der Waals surface area contributed by atoms with Crippen LogP contribution >= 0.6 is 11.8 Å². The number of imide groups is 1. The lowest BCUT2D eigenvalue weighted by molar-refractivity contribution is -0.115. The van der Waals surface area contributed by atoms with Crippen LogP contribution in [0.1, 0.15) is 5.56 Å². The fourth-order valence-electron chi connectivity index (χ4n) is 2.85. The summed E-state index contributed by atoms with van der Waals surface area (Å²) in [6.07, 6.45) is 3.14. The number of nitrogens with one attached hydrogen (secondary N) is 1. The van der Waals surface area contributed by atoms with E-state index in [1.54, 1.807) is 12.1 Å². The smallest absolute Gasteiger partial charge is 0.290 e. The highest BCUT2D eigenvalue weighted by atomic mass is 32.2. The first-order chi connectivity index (χ1) is 15.6. The third-order valence-corrected chi connectivity index (χ3v) is 5.31. The van der Waals surface area contributed by atoms with Crippen molar-refractivity contribution in [2.45, 2.75) is 0 Å². The second kappa shape index (κ2) is 9.97. The van der Waals surface area contributed by atoms with Gasteiger partial charge in [0.25, 0.3) is 11.1 Å². The maximum absolute atomic E-state index is 11.6. The second-order valence-electron chi connectivity index (χ2n) is 6.82. The van der Waals surface area contributed by atoms with E-state index in [9.17, 15) is 9.59 Å². The number of thioether (sulfide) groups is 1. The Balaban J connectivity index is 1.29. The normalized spacial score (nSPS) is 14.3. The molecule has 1 aliphatic rings. The van der Waals surface area contributed by atoms with Crippen LogP contribution < -0.4 is 19.7 Å². The lowest BCUT2D eigenvalue weighted by Gasteiger charge is -2.18. The zero-order valence-electron chi connectivity index (χ0n) is 17.2. The van der Waals surface area contributed by atoms with Gasteiger partial charge < -0.3 is 14.4 Å². The zero-order valence-corrected chi connectivity index (χ0v) is 18.0. The molecule has 0 unspecified atom stereocenters. The molecule has 2 heterocycles. The first kappa shape index (κ1) is 21.4.